The highest BCUT2D eigenvalue weighted by Crippen LogP contribution is 2.15. The highest BCUT2D eigenvalue weighted by atomic mass is 35.5. The van der Waals surface area contributed by atoms with Crippen LogP contribution in [0.1, 0.15) is 17.5 Å². The van der Waals surface area contributed by atoms with Crippen LogP contribution in [-0.2, 0) is 21.2 Å². The highest BCUT2D eigenvalue weighted by molar-refractivity contribution is 7.92. The molecule has 2 aromatic rings. The van der Waals surface area contributed by atoms with Gasteiger partial charge < -0.3 is 4.90 Å². The molecule has 0 aromatic heterocycles. The quantitative estimate of drug-likeness (QED) is 0.722. The second kappa shape index (κ2) is 9.37. The lowest BCUT2D eigenvalue weighted by Gasteiger charge is -2.33. The van der Waals surface area contributed by atoms with Crippen molar-refractivity contribution in [1.29, 1.82) is 0 Å². The average Bonchev–Trinajstić information content (AvgIpc) is 2.71. The molecule has 2 aromatic carbocycles. The molecule has 1 aliphatic heterocycles. The second-order valence-corrected chi connectivity index (χ2v) is 8.92. The smallest absolute Gasteiger partial charge is 0.236 e. The van der Waals surface area contributed by atoms with E-state index in [2.05, 4.69) is 0 Å². The molecule has 0 radical (unpaired) electrons. The van der Waals surface area contributed by atoms with Crippen LogP contribution in [-0.4, -0.2) is 49.7 Å². The van der Waals surface area contributed by atoms with Crippen molar-refractivity contribution in [2.45, 2.75) is 12.8 Å². The van der Waals surface area contributed by atoms with E-state index in [1.165, 1.54) is 9.71 Å². The minimum absolute atomic E-state index is 0.0388. The van der Waals surface area contributed by atoms with Crippen LogP contribution in [0.3, 0.4) is 0 Å². The standard InChI is InChI=1S/C21H23ClN2O3S/c22-20-8-4-7-19(17-20)9-10-21(25)23-12-14-24(15-13-23)28(26,27)16-11-18-5-2-1-3-6-18/h1-8,11,16-17H,9-10,12-15H2/b16-11+. The number of piperazine rings is 1. The average molecular weight is 419 g/mol. The van der Waals surface area contributed by atoms with Crippen molar-refractivity contribution in [2.24, 2.45) is 0 Å². The molecule has 1 aliphatic rings. The van der Waals surface area contributed by atoms with Gasteiger partial charge in [0.1, 0.15) is 0 Å². The maximum Gasteiger partial charge on any atom is 0.236 e. The Balaban J connectivity index is 1.50. The van der Waals surface area contributed by atoms with Gasteiger partial charge in [0.05, 0.1) is 0 Å². The fourth-order valence-electron chi connectivity index (χ4n) is 3.11. The zero-order valence-corrected chi connectivity index (χ0v) is 17.1. The molecular weight excluding hydrogens is 396 g/mol. The van der Waals surface area contributed by atoms with Gasteiger partial charge in [-0.25, -0.2) is 8.42 Å². The number of aryl methyl sites for hydroxylation is 1. The molecule has 7 heteroatoms. The number of rotatable bonds is 6. The number of halogens is 1. The first kappa shape index (κ1) is 20.6. The van der Waals surface area contributed by atoms with E-state index in [0.29, 0.717) is 44.0 Å². The molecule has 0 bridgehead atoms. The first-order chi connectivity index (χ1) is 13.4. The zero-order valence-electron chi connectivity index (χ0n) is 15.5. The summed E-state index contributed by atoms with van der Waals surface area (Å²) in [5, 5.41) is 1.89. The minimum Gasteiger partial charge on any atom is -0.340 e. The largest absolute Gasteiger partial charge is 0.340 e. The van der Waals surface area contributed by atoms with Gasteiger partial charge in [0, 0.05) is 43.0 Å². The number of carbonyl (C=O) groups excluding carboxylic acids is 1. The fraction of sp³-hybridized carbons (Fsp3) is 0.286. The van der Waals surface area contributed by atoms with Gasteiger partial charge >= 0.3 is 0 Å². The number of nitrogens with zero attached hydrogens (tertiary/aromatic N) is 2. The van der Waals surface area contributed by atoms with Gasteiger partial charge in [-0.2, -0.15) is 4.31 Å². The summed E-state index contributed by atoms with van der Waals surface area (Å²) in [6.45, 7) is 1.44. The van der Waals surface area contributed by atoms with Crippen LogP contribution in [0.5, 0.6) is 0 Å². The molecule has 0 atom stereocenters. The Morgan fingerprint density at radius 3 is 2.39 bits per heavy atom. The number of hydrogen-bond donors (Lipinski definition) is 0. The zero-order chi connectivity index (χ0) is 20.0. The molecule has 0 saturated carbocycles. The van der Waals surface area contributed by atoms with Crippen LogP contribution in [0.2, 0.25) is 5.02 Å². The number of hydrogen-bond acceptors (Lipinski definition) is 3. The molecule has 28 heavy (non-hydrogen) atoms. The van der Waals surface area contributed by atoms with Gasteiger partial charge in [0.15, 0.2) is 0 Å². The number of sulfonamides is 1. The van der Waals surface area contributed by atoms with E-state index in [1.807, 2.05) is 48.5 Å². The van der Waals surface area contributed by atoms with Crippen molar-refractivity contribution in [3.63, 3.8) is 0 Å². The van der Waals surface area contributed by atoms with Crippen LogP contribution in [0, 0.1) is 0 Å². The predicted octanol–water partition coefficient (Wildman–Crippen LogP) is 3.42. The van der Waals surface area contributed by atoms with Gasteiger partial charge in [0.2, 0.25) is 15.9 Å². The van der Waals surface area contributed by atoms with Crippen molar-refractivity contribution in [2.75, 3.05) is 26.2 Å². The monoisotopic (exact) mass is 418 g/mol. The molecule has 0 N–H and O–H groups in total. The summed E-state index contributed by atoms with van der Waals surface area (Å²) in [5.74, 6) is 0.0388. The SMILES string of the molecule is O=C(CCc1cccc(Cl)c1)N1CCN(S(=O)(=O)/C=C/c2ccccc2)CC1. The number of benzene rings is 2. The van der Waals surface area contributed by atoms with Crippen LogP contribution in [0.15, 0.2) is 60.0 Å². The number of amides is 1. The summed E-state index contributed by atoms with van der Waals surface area (Å²) in [7, 11) is -3.49. The first-order valence-corrected chi connectivity index (χ1v) is 11.1. The van der Waals surface area contributed by atoms with E-state index >= 15 is 0 Å². The lowest BCUT2D eigenvalue weighted by molar-refractivity contribution is -0.132. The second-order valence-electron chi connectivity index (χ2n) is 6.67. The molecule has 0 spiro atoms. The topological polar surface area (TPSA) is 57.7 Å². The van der Waals surface area contributed by atoms with Crippen LogP contribution in [0.4, 0.5) is 0 Å². The van der Waals surface area contributed by atoms with Crippen LogP contribution < -0.4 is 0 Å². The Morgan fingerprint density at radius 1 is 1.00 bits per heavy atom. The van der Waals surface area contributed by atoms with Crippen molar-refractivity contribution >= 4 is 33.6 Å². The van der Waals surface area contributed by atoms with Crippen molar-refractivity contribution in [3.8, 4) is 0 Å². The third-order valence-corrected chi connectivity index (χ3v) is 6.50. The summed E-state index contributed by atoms with van der Waals surface area (Å²) >= 11 is 5.97. The van der Waals surface area contributed by atoms with E-state index in [-0.39, 0.29) is 5.91 Å². The predicted molar refractivity (Wildman–Crippen MR) is 112 cm³/mol. The maximum atomic E-state index is 12.5. The third kappa shape index (κ3) is 5.67. The van der Waals surface area contributed by atoms with E-state index in [9.17, 15) is 13.2 Å². The molecule has 1 fully saturated rings. The van der Waals surface area contributed by atoms with E-state index in [0.717, 1.165) is 11.1 Å². The molecular formula is C21H23ClN2O3S. The Hall–Kier alpha value is -2.15. The molecule has 1 amide bonds. The molecule has 1 heterocycles. The normalized spacial score (nSPS) is 15.8. The molecule has 148 valence electrons. The lowest BCUT2D eigenvalue weighted by Crippen LogP contribution is -2.50. The number of carbonyl (C=O) groups is 1. The molecule has 0 unspecified atom stereocenters. The summed E-state index contributed by atoms with van der Waals surface area (Å²) in [6, 6.07) is 16.8. The van der Waals surface area contributed by atoms with E-state index < -0.39 is 10.0 Å². The summed E-state index contributed by atoms with van der Waals surface area (Å²) in [5.41, 5.74) is 1.86. The molecule has 0 aliphatic carbocycles. The first-order valence-electron chi connectivity index (χ1n) is 9.19. The fourth-order valence-corrected chi connectivity index (χ4v) is 4.49. The molecule has 5 nitrogen and oxygen atoms in total. The van der Waals surface area contributed by atoms with E-state index in [1.54, 1.807) is 17.0 Å². The van der Waals surface area contributed by atoms with Crippen molar-refractivity contribution < 1.29 is 13.2 Å². The van der Waals surface area contributed by atoms with Crippen LogP contribution >= 0.6 is 11.6 Å². The Kier molecular flexibility index (Phi) is 6.88. The van der Waals surface area contributed by atoms with Gasteiger partial charge in [-0.1, -0.05) is 54.1 Å². The highest BCUT2D eigenvalue weighted by Gasteiger charge is 2.27. The van der Waals surface area contributed by atoms with Gasteiger partial charge in [-0.15, -0.1) is 0 Å². The Morgan fingerprint density at radius 2 is 1.71 bits per heavy atom. The minimum atomic E-state index is -3.49. The Labute approximate surface area is 171 Å². The van der Waals surface area contributed by atoms with Crippen molar-refractivity contribution in [1.82, 2.24) is 9.21 Å². The van der Waals surface area contributed by atoms with E-state index in [4.69, 9.17) is 11.6 Å². The van der Waals surface area contributed by atoms with Gasteiger partial charge in [-0.3, -0.25) is 4.79 Å². The van der Waals surface area contributed by atoms with Crippen LogP contribution in [0.25, 0.3) is 6.08 Å². The summed E-state index contributed by atoms with van der Waals surface area (Å²) in [6.07, 6.45) is 2.61. The third-order valence-electron chi connectivity index (χ3n) is 4.70. The molecule has 1 saturated heterocycles. The van der Waals surface area contributed by atoms with Gasteiger partial charge in [-0.05, 0) is 35.8 Å². The summed E-state index contributed by atoms with van der Waals surface area (Å²) in [4.78, 5) is 14.2. The molecule has 3 rings (SSSR count). The van der Waals surface area contributed by atoms with Gasteiger partial charge in [0.25, 0.3) is 0 Å². The Bertz CT molecular complexity index is 937. The summed E-state index contributed by atoms with van der Waals surface area (Å²) < 4.78 is 26.4. The van der Waals surface area contributed by atoms with Crippen molar-refractivity contribution in [3.05, 3.63) is 76.2 Å². The lowest BCUT2D eigenvalue weighted by atomic mass is 10.1. The maximum absolute atomic E-state index is 12.5.